The van der Waals surface area contributed by atoms with Gasteiger partial charge in [-0.25, -0.2) is 9.59 Å². The number of carbonyl (C=O) groups is 2. The number of amides is 1. The fourth-order valence-corrected chi connectivity index (χ4v) is 2.48. The first-order chi connectivity index (χ1) is 11.3. The van der Waals surface area contributed by atoms with Gasteiger partial charge < -0.3 is 14.4 Å². The summed E-state index contributed by atoms with van der Waals surface area (Å²) < 4.78 is 10.4. The normalized spacial score (nSPS) is 14.8. The van der Waals surface area contributed by atoms with Crippen LogP contribution in [0.25, 0.3) is 5.57 Å². The average Bonchev–Trinajstić information content (AvgIpc) is 2.54. The molecule has 0 aromatic heterocycles. The standard InChI is InChI=1S/C19H25NO4/c1-5-23-17(21)16-8-6-7-15(13-16)14-9-11-20(12-10-14)18(22)24-19(2,3)4/h6-9,13H,5,10-12H2,1-4H3. The van der Waals surface area contributed by atoms with Crippen molar-refractivity contribution in [3.05, 3.63) is 41.5 Å². The van der Waals surface area contributed by atoms with Gasteiger partial charge in [0.15, 0.2) is 0 Å². The maximum Gasteiger partial charge on any atom is 0.410 e. The molecular formula is C19H25NO4. The second-order valence-electron chi connectivity index (χ2n) is 6.71. The van der Waals surface area contributed by atoms with E-state index in [9.17, 15) is 9.59 Å². The molecule has 0 bridgehead atoms. The lowest BCUT2D eigenvalue weighted by Crippen LogP contribution is -2.39. The van der Waals surface area contributed by atoms with Gasteiger partial charge >= 0.3 is 12.1 Å². The Morgan fingerprint density at radius 3 is 2.58 bits per heavy atom. The van der Waals surface area contributed by atoms with Gasteiger partial charge in [-0.2, -0.15) is 0 Å². The Labute approximate surface area is 143 Å². The summed E-state index contributed by atoms with van der Waals surface area (Å²) in [6.07, 6.45) is 2.45. The molecule has 0 N–H and O–H groups in total. The molecule has 0 fully saturated rings. The minimum Gasteiger partial charge on any atom is -0.462 e. The first kappa shape index (κ1) is 18.0. The highest BCUT2D eigenvalue weighted by Gasteiger charge is 2.24. The first-order valence-electron chi connectivity index (χ1n) is 8.24. The number of esters is 1. The molecule has 0 unspecified atom stereocenters. The molecule has 2 rings (SSSR count). The number of carbonyl (C=O) groups excluding carboxylic acids is 2. The van der Waals surface area contributed by atoms with Gasteiger partial charge in [0.05, 0.1) is 12.2 Å². The quantitative estimate of drug-likeness (QED) is 0.789. The Hall–Kier alpha value is -2.30. The second kappa shape index (κ2) is 7.51. The van der Waals surface area contributed by atoms with E-state index in [0.717, 1.165) is 17.6 Å². The molecule has 0 saturated carbocycles. The molecule has 1 aromatic carbocycles. The molecule has 1 aliphatic rings. The summed E-state index contributed by atoms with van der Waals surface area (Å²) in [5.41, 5.74) is 2.17. The number of hydrogen-bond acceptors (Lipinski definition) is 4. The van der Waals surface area contributed by atoms with Crippen molar-refractivity contribution in [2.24, 2.45) is 0 Å². The summed E-state index contributed by atoms with van der Waals surface area (Å²) in [4.78, 5) is 25.6. The summed E-state index contributed by atoms with van der Waals surface area (Å²) in [7, 11) is 0. The van der Waals surface area contributed by atoms with E-state index in [1.165, 1.54) is 0 Å². The van der Waals surface area contributed by atoms with Crippen LogP contribution in [0.15, 0.2) is 30.3 Å². The number of rotatable bonds is 3. The van der Waals surface area contributed by atoms with Crippen LogP contribution in [0.2, 0.25) is 0 Å². The van der Waals surface area contributed by atoms with Crippen molar-refractivity contribution in [3.63, 3.8) is 0 Å². The van der Waals surface area contributed by atoms with Crippen LogP contribution < -0.4 is 0 Å². The van der Waals surface area contributed by atoms with E-state index in [-0.39, 0.29) is 12.1 Å². The average molecular weight is 331 g/mol. The monoisotopic (exact) mass is 331 g/mol. The molecular weight excluding hydrogens is 306 g/mol. The SMILES string of the molecule is CCOC(=O)c1cccc(C2=CCN(C(=O)OC(C)(C)C)CC2)c1. The molecule has 130 valence electrons. The number of benzene rings is 1. The van der Waals surface area contributed by atoms with Gasteiger partial charge in [-0.1, -0.05) is 18.2 Å². The Morgan fingerprint density at radius 2 is 2.00 bits per heavy atom. The number of ether oxygens (including phenoxy) is 2. The van der Waals surface area contributed by atoms with Gasteiger partial charge in [-0.15, -0.1) is 0 Å². The maximum atomic E-state index is 12.1. The van der Waals surface area contributed by atoms with Gasteiger partial charge in [-0.05, 0) is 57.4 Å². The fraction of sp³-hybridized carbons (Fsp3) is 0.474. The van der Waals surface area contributed by atoms with Crippen LogP contribution >= 0.6 is 0 Å². The van der Waals surface area contributed by atoms with Crippen LogP contribution in [0.3, 0.4) is 0 Å². The summed E-state index contributed by atoms with van der Waals surface area (Å²) in [5.74, 6) is -0.314. The highest BCUT2D eigenvalue weighted by Crippen LogP contribution is 2.24. The van der Waals surface area contributed by atoms with Crippen molar-refractivity contribution in [2.45, 2.75) is 39.7 Å². The predicted molar refractivity (Wildman–Crippen MR) is 92.8 cm³/mol. The van der Waals surface area contributed by atoms with E-state index in [4.69, 9.17) is 9.47 Å². The molecule has 24 heavy (non-hydrogen) atoms. The molecule has 1 amide bonds. The van der Waals surface area contributed by atoms with Crippen molar-refractivity contribution >= 4 is 17.6 Å². The third kappa shape index (κ3) is 4.85. The van der Waals surface area contributed by atoms with Crippen LogP contribution in [0.1, 0.15) is 50.0 Å². The van der Waals surface area contributed by atoms with Crippen LogP contribution in [-0.4, -0.2) is 42.3 Å². The molecule has 0 saturated heterocycles. The topological polar surface area (TPSA) is 55.8 Å². The molecule has 1 aliphatic heterocycles. The molecule has 1 aromatic rings. The van der Waals surface area contributed by atoms with Crippen molar-refractivity contribution in [2.75, 3.05) is 19.7 Å². The molecule has 0 radical (unpaired) electrons. The third-order valence-electron chi connectivity index (χ3n) is 3.61. The lowest BCUT2D eigenvalue weighted by Gasteiger charge is -2.29. The Kier molecular flexibility index (Phi) is 5.65. The number of hydrogen-bond donors (Lipinski definition) is 0. The minimum atomic E-state index is -0.491. The molecule has 5 heteroatoms. The van der Waals surface area contributed by atoms with E-state index >= 15 is 0 Å². The summed E-state index contributed by atoms with van der Waals surface area (Å²) in [6, 6.07) is 7.41. The van der Waals surface area contributed by atoms with E-state index in [1.807, 2.05) is 45.0 Å². The van der Waals surface area contributed by atoms with Gasteiger partial charge in [0.1, 0.15) is 5.60 Å². The second-order valence-corrected chi connectivity index (χ2v) is 6.71. The molecule has 0 atom stereocenters. The summed E-state index contributed by atoms with van der Waals surface area (Å²) in [6.45, 7) is 8.83. The lowest BCUT2D eigenvalue weighted by molar-refractivity contribution is 0.0270. The van der Waals surface area contributed by atoms with Gasteiger partial charge in [-0.3, -0.25) is 0 Å². The van der Waals surface area contributed by atoms with E-state index in [1.54, 1.807) is 17.9 Å². The molecule has 5 nitrogen and oxygen atoms in total. The van der Waals surface area contributed by atoms with Crippen LogP contribution in [0.4, 0.5) is 4.79 Å². The van der Waals surface area contributed by atoms with Crippen molar-refractivity contribution < 1.29 is 19.1 Å². The predicted octanol–water partition coefficient (Wildman–Crippen LogP) is 3.89. The van der Waals surface area contributed by atoms with Crippen LogP contribution in [-0.2, 0) is 9.47 Å². The van der Waals surface area contributed by atoms with Crippen LogP contribution in [0, 0.1) is 0 Å². The zero-order valence-corrected chi connectivity index (χ0v) is 14.8. The van der Waals surface area contributed by atoms with E-state index < -0.39 is 5.60 Å². The smallest absolute Gasteiger partial charge is 0.410 e. The highest BCUT2D eigenvalue weighted by molar-refractivity contribution is 5.90. The Morgan fingerprint density at radius 1 is 1.25 bits per heavy atom. The van der Waals surface area contributed by atoms with E-state index in [0.29, 0.717) is 25.3 Å². The van der Waals surface area contributed by atoms with Gasteiger partial charge in [0, 0.05) is 13.1 Å². The lowest BCUT2D eigenvalue weighted by atomic mass is 9.98. The maximum absolute atomic E-state index is 12.1. The Bertz CT molecular complexity index is 643. The van der Waals surface area contributed by atoms with E-state index in [2.05, 4.69) is 0 Å². The third-order valence-corrected chi connectivity index (χ3v) is 3.61. The largest absolute Gasteiger partial charge is 0.462 e. The summed E-state index contributed by atoms with van der Waals surface area (Å²) in [5, 5.41) is 0. The van der Waals surface area contributed by atoms with Crippen LogP contribution in [0.5, 0.6) is 0 Å². The van der Waals surface area contributed by atoms with Crippen molar-refractivity contribution in [3.8, 4) is 0 Å². The van der Waals surface area contributed by atoms with Crippen molar-refractivity contribution in [1.82, 2.24) is 4.90 Å². The molecule has 1 heterocycles. The van der Waals surface area contributed by atoms with Gasteiger partial charge in [0.2, 0.25) is 0 Å². The van der Waals surface area contributed by atoms with Gasteiger partial charge in [0.25, 0.3) is 0 Å². The Balaban J connectivity index is 2.06. The highest BCUT2D eigenvalue weighted by atomic mass is 16.6. The first-order valence-corrected chi connectivity index (χ1v) is 8.24. The fourth-order valence-electron chi connectivity index (χ4n) is 2.48. The zero-order chi connectivity index (χ0) is 17.7. The molecule has 0 spiro atoms. The minimum absolute atomic E-state index is 0.293. The van der Waals surface area contributed by atoms with Crippen molar-refractivity contribution in [1.29, 1.82) is 0 Å². The molecule has 0 aliphatic carbocycles. The summed E-state index contributed by atoms with van der Waals surface area (Å²) >= 11 is 0. The zero-order valence-electron chi connectivity index (χ0n) is 14.8. The number of nitrogens with zero attached hydrogens (tertiary/aromatic N) is 1.